The van der Waals surface area contributed by atoms with E-state index in [-0.39, 0.29) is 5.95 Å². The van der Waals surface area contributed by atoms with Gasteiger partial charge in [0.1, 0.15) is 17.7 Å². The fourth-order valence-electron chi connectivity index (χ4n) is 2.68. The van der Waals surface area contributed by atoms with Crippen molar-refractivity contribution in [2.24, 2.45) is 10.9 Å². The highest BCUT2D eigenvalue weighted by atomic mass is 16.5. The lowest BCUT2D eigenvalue weighted by atomic mass is 9.86. The second-order valence-electron chi connectivity index (χ2n) is 5.00. The highest BCUT2D eigenvalue weighted by molar-refractivity contribution is 6.02. The molecule has 9 heteroatoms. The predicted octanol–water partition coefficient (Wildman–Crippen LogP) is 0.950. The number of aliphatic imine (C=N–C) groups is 1. The maximum Gasteiger partial charge on any atom is 0.314 e. The second-order valence-corrected chi connectivity index (χ2v) is 5.00. The molecule has 2 heterocycles. The molecule has 1 aromatic heterocycles. The molecule has 1 aromatic carbocycles. The van der Waals surface area contributed by atoms with E-state index in [4.69, 9.17) is 4.74 Å². The van der Waals surface area contributed by atoms with E-state index in [9.17, 15) is 15.2 Å². The van der Waals surface area contributed by atoms with Crippen LogP contribution >= 0.6 is 0 Å². The number of hydrogen-bond donors (Lipinski definition) is 1. The number of rotatable bonds is 3. The van der Waals surface area contributed by atoms with Crippen molar-refractivity contribution in [2.75, 3.05) is 7.11 Å². The number of aromatic nitrogens is 4. The van der Waals surface area contributed by atoms with Crippen LogP contribution in [-0.4, -0.2) is 44.1 Å². The Morgan fingerprint density at radius 2 is 2.26 bits per heavy atom. The molecular weight excluding hydrogens is 300 g/mol. The summed E-state index contributed by atoms with van der Waals surface area (Å²) in [5, 5.41) is 30.2. The number of nitrogens with zero attached hydrogens (tertiary/aromatic N) is 6. The molecule has 0 saturated heterocycles. The summed E-state index contributed by atoms with van der Waals surface area (Å²) < 4.78 is 6.44. The van der Waals surface area contributed by atoms with Crippen LogP contribution in [0.3, 0.4) is 0 Å². The number of ether oxygens (including phenoxy) is 1. The summed E-state index contributed by atoms with van der Waals surface area (Å²) >= 11 is 0. The van der Waals surface area contributed by atoms with Gasteiger partial charge in [-0.2, -0.15) is 5.26 Å². The minimum absolute atomic E-state index is 0.213. The average Bonchev–Trinajstić information content (AvgIpc) is 3.00. The molecule has 116 valence electrons. The lowest BCUT2D eigenvalue weighted by Crippen LogP contribution is -2.36. The van der Waals surface area contributed by atoms with Crippen LogP contribution in [0.5, 0.6) is 5.75 Å². The summed E-state index contributed by atoms with van der Waals surface area (Å²) in [6.07, 6.45) is 0. The molecule has 2 aromatic rings. The minimum Gasteiger partial charge on any atom is -0.497 e. The zero-order chi connectivity index (χ0) is 16.6. The molecule has 0 aliphatic carbocycles. The van der Waals surface area contributed by atoms with E-state index >= 15 is 0 Å². The number of carbonyl (C=O) groups is 1. The Hall–Kier alpha value is -3.28. The SMILES string of the molecule is COc1ccc(C2C(C(=O)O)C(C)=Nc3nnnn32)c(C#N)c1. The number of methoxy groups -OCH3 is 1. The van der Waals surface area contributed by atoms with Gasteiger partial charge >= 0.3 is 5.97 Å². The number of carboxylic acid groups (broad SMARTS) is 1. The van der Waals surface area contributed by atoms with Gasteiger partial charge in [-0.3, -0.25) is 4.79 Å². The molecule has 9 nitrogen and oxygen atoms in total. The number of carboxylic acids is 1. The van der Waals surface area contributed by atoms with E-state index in [1.807, 2.05) is 0 Å². The third kappa shape index (κ3) is 2.30. The monoisotopic (exact) mass is 312 g/mol. The van der Waals surface area contributed by atoms with E-state index in [2.05, 4.69) is 26.6 Å². The van der Waals surface area contributed by atoms with E-state index in [0.717, 1.165) is 0 Å². The van der Waals surface area contributed by atoms with E-state index < -0.39 is 17.9 Å². The fourth-order valence-corrected chi connectivity index (χ4v) is 2.68. The minimum atomic E-state index is -1.06. The molecule has 0 fully saturated rings. The lowest BCUT2D eigenvalue weighted by molar-refractivity contribution is -0.140. The smallest absolute Gasteiger partial charge is 0.314 e. The molecule has 0 amide bonds. The first-order valence-corrected chi connectivity index (χ1v) is 6.70. The maximum atomic E-state index is 11.7. The van der Waals surface area contributed by atoms with Crippen LogP contribution in [0.4, 0.5) is 5.95 Å². The average molecular weight is 312 g/mol. The Bertz CT molecular complexity index is 850. The normalized spacial score (nSPS) is 19.4. The molecule has 1 aliphatic heterocycles. The zero-order valence-electron chi connectivity index (χ0n) is 12.3. The molecule has 0 bridgehead atoms. The van der Waals surface area contributed by atoms with Gasteiger partial charge in [0, 0.05) is 5.71 Å². The molecule has 3 rings (SSSR count). The van der Waals surface area contributed by atoms with Gasteiger partial charge in [0.25, 0.3) is 5.95 Å². The Morgan fingerprint density at radius 1 is 1.48 bits per heavy atom. The molecule has 0 saturated carbocycles. The number of hydrogen-bond acceptors (Lipinski definition) is 7. The van der Waals surface area contributed by atoms with Crippen LogP contribution in [0.1, 0.15) is 24.1 Å². The standard InChI is InChI=1S/C14H12N6O3/c1-7-11(13(21)22)12(20-14(16-7)17-18-19-20)10-4-3-9(23-2)5-8(10)6-15/h3-5,11-12H,1-2H3,(H,21,22). The molecular formula is C14H12N6O3. The predicted molar refractivity (Wildman–Crippen MR) is 77.6 cm³/mol. The highest BCUT2D eigenvalue weighted by Gasteiger charge is 2.40. The molecule has 0 radical (unpaired) electrons. The van der Waals surface area contributed by atoms with Crippen LogP contribution in [0.2, 0.25) is 0 Å². The van der Waals surface area contributed by atoms with Gasteiger partial charge in [-0.25, -0.2) is 9.67 Å². The number of fused-ring (bicyclic) bond motifs is 1. The van der Waals surface area contributed by atoms with Crippen LogP contribution in [0.15, 0.2) is 23.2 Å². The highest BCUT2D eigenvalue weighted by Crippen LogP contribution is 2.37. The van der Waals surface area contributed by atoms with Crippen molar-refractivity contribution in [1.29, 1.82) is 5.26 Å². The first-order valence-electron chi connectivity index (χ1n) is 6.70. The molecule has 1 aliphatic rings. The summed E-state index contributed by atoms with van der Waals surface area (Å²) in [5.74, 6) is -1.30. The summed E-state index contributed by atoms with van der Waals surface area (Å²) in [4.78, 5) is 15.9. The van der Waals surface area contributed by atoms with Crippen molar-refractivity contribution in [3.63, 3.8) is 0 Å². The first kappa shape index (κ1) is 14.6. The Balaban J connectivity index is 2.22. The van der Waals surface area contributed by atoms with Gasteiger partial charge in [-0.15, -0.1) is 0 Å². The van der Waals surface area contributed by atoms with Gasteiger partial charge in [-0.05, 0) is 35.0 Å². The first-order chi connectivity index (χ1) is 11.1. The summed E-state index contributed by atoms with van der Waals surface area (Å²) in [6, 6.07) is 6.19. The van der Waals surface area contributed by atoms with Crippen molar-refractivity contribution in [2.45, 2.75) is 13.0 Å². The number of tetrazole rings is 1. The lowest BCUT2D eigenvalue weighted by Gasteiger charge is -2.28. The quantitative estimate of drug-likeness (QED) is 0.893. The number of nitriles is 1. The Kier molecular flexibility index (Phi) is 3.50. The van der Waals surface area contributed by atoms with Crippen LogP contribution in [0.25, 0.3) is 0 Å². The number of aliphatic carboxylic acids is 1. The van der Waals surface area contributed by atoms with Crippen molar-refractivity contribution < 1.29 is 14.6 Å². The second kappa shape index (κ2) is 5.49. The number of benzene rings is 1. The summed E-state index contributed by atoms with van der Waals surface area (Å²) in [5.41, 5.74) is 1.18. The van der Waals surface area contributed by atoms with Gasteiger partial charge in [-0.1, -0.05) is 11.2 Å². The van der Waals surface area contributed by atoms with Gasteiger partial charge in [0.15, 0.2) is 0 Å². The molecule has 2 atom stereocenters. The van der Waals surface area contributed by atoms with Crippen molar-refractivity contribution in [3.05, 3.63) is 29.3 Å². The molecule has 23 heavy (non-hydrogen) atoms. The van der Waals surface area contributed by atoms with Crippen LogP contribution < -0.4 is 4.74 Å². The van der Waals surface area contributed by atoms with Gasteiger partial charge in [0.2, 0.25) is 0 Å². The van der Waals surface area contributed by atoms with Crippen molar-refractivity contribution >= 4 is 17.6 Å². The topological polar surface area (TPSA) is 126 Å². The molecule has 1 N–H and O–H groups in total. The molecule has 2 unspecified atom stereocenters. The van der Waals surface area contributed by atoms with Crippen LogP contribution in [-0.2, 0) is 4.79 Å². The third-order valence-corrected chi connectivity index (χ3v) is 3.75. The summed E-state index contributed by atoms with van der Waals surface area (Å²) in [7, 11) is 1.49. The van der Waals surface area contributed by atoms with Crippen molar-refractivity contribution in [3.8, 4) is 11.8 Å². The third-order valence-electron chi connectivity index (χ3n) is 3.75. The van der Waals surface area contributed by atoms with Crippen molar-refractivity contribution in [1.82, 2.24) is 20.2 Å². The van der Waals surface area contributed by atoms with E-state index in [1.54, 1.807) is 25.1 Å². The van der Waals surface area contributed by atoms with E-state index in [1.165, 1.54) is 11.8 Å². The summed E-state index contributed by atoms with van der Waals surface area (Å²) in [6.45, 7) is 1.61. The van der Waals surface area contributed by atoms with Gasteiger partial charge < -0.3 is 9.84 Å². The molecule has 0 spiro atoms. The maximum absolute atomic E-state index is 11.7. The Morgan fingerprint density at radius 3 is 2.91 bits per heavy atom. The fraction of sp³-hybridized carbons (Fsp3) is 0.286. The van der Waals surface area contributed by atoms with E-state index in [0.29, 0.717) is 22.6 Å². The van der Waals surface area contributed by atoms with Gasteiger partial charge in [0.05, 0.1) is 18.7 Å². The largest absolute Gasteiger partial charge is 0.497 e. The Labute approximate surface area is 130 Å². The zero-order valence-corrected chi connectivity index (χ0v) is 12.3. The van der Waals surface area contributed by atoms with Crippen LogP contribution in [0, 0.1) is 17.2 Å².